The highest BCUT2D eigenvalue weighted by molar-refractivity contribution is 7.15. The van der Waals surface area contributed by atoms with Crippen LogP contribution in [0.5, 0.6) is 11.5 Å². The average Bonchev–Trinajstić information content (AvgIpc) is 3.50. The smallest absolute Gasteiger partial charge is 0.405 e. The standard InChI is InChI=1S/C31H33F2N3O6S/c1-31(2,3)13-24(42-30(34)38)26-25(27(37)35-14-19-16-40-21-7-5-4-6-20(19)21)36-28(43-26)18-10-11-22(41-29(32)33)23(12-18)39-15-17-8-9-17/h4-7,10-12,16-17,24,29H,8-9,13-15H2,1-3H3,(H2,34,38)(H,35,37)/t24-/m0/s1. The van der Waals surface area contributed by atoms with Crippen LogP contribution in [0.4, 0.5) is 13.6 Å². The first kappa shape index (κ1) is 30.3. The lowest BCUT2D eigenvalue weighted by atomic mass is 9.88. The van der Waals surface area contributed by atoms with E-state index in [1.165, 1.54) is 6.07 Å². The highest BCUT2D eigenvalue weighted by Crippen LogP contribution is 2.42. The molecule has 1 saturated carbocycles. The van der Waals surface area contributed by atoms with Gasteiger partial charge in [0.1, 0.15) is 22.4 Å². The molecule has 5 rings (SSSR count). The van der Waals surface area contributed by atoms with Gasteiger partial charge in [0.05, 0.1) is 17.7 Å². The van der Waals surface area contributed by atoms with Gasteiger partial charge in [0.2, 0.25) is 0 Å². The number of fused-ring (bicyclic) bond motifs is 1. The predicted octanol–water partition coefficient (Wildman–Crippen LogP) is 7.45. The summed E-state index contributed by atoms with van der Waals surface area (Å²) >= 11 is 1.16. The fourth-order valence-corrected chi connectivity index (χ4v) is 5.68. The van der Waals surface area contributed by atoms with E-state index in [9.17, 15) is 18.4 Å². The molecule has 0 saturated heterocycles. The van der Waals surface area contributed by atoms with Crippen molar-refractivity contribution in [3.63, 3.8) is 0 Å². The van der Waals surface area contributed by atoms with E-state index in [2.05, 4.69) is 15.0 Å². The number of nitrogens with zero attached hydrogens (tertiary/aromatic N) is 1. The number of nitrogens with two attached hydrogens (primary N) is 1. The molecule has 0 spiro atoms. The number of primary amides is 1. The number of hydrogen-bond donors (Lipinski definition) is 2. The average molecular weight is 614 g/mol. The minimum absolute atomic E-state index is 0.0663. The Labute approximate surface area is 251 Å². The third kappa shape index (κ3) is 7.81. The zero-order chi connectivity index (χ0) is 30.7. The predicted molar refractivity (Wildman–Crippen MR) is 157 cm³/mol. The summed E-state index contributed by atoms with van der Waals surface area (Å²) in [6.45, 7) is 3.45. The highest BCUT2D eigenvalue weighted by Gasteiger charge is 2.31. The second-order valence-corrected chi connectivity index (χ2v) is 12.7. The van der Waals surface area contributed by atoms with Crippen LogP contribution in [0.2, 0.25) is 0 Å². The fourth-order valence-electron chi connectivity index (χ4n) is 4.59. The number of aromatic nitrogens is 1. The Morgan fingerprint density at radius 2 is 1.93 bits per heavy atom. The van der Waals surface area contributed by atoms with Gasteiger partial charge < -0.3 is 29.7 Å². The molecule has 1 aliphatic rings. The summed E-state index contributed by atoms with van der Waals surface area (Å²) in [6, 6.07) is 12.0. The summed E-state index contributed by atoms with van der Waals surface area (Å²) in [5, 5.41) is 4.17. The molecule has 43 heavy (non-hydrogen) atoms. The Hall–Kier alpha value is -4.19. The van der Waals surface area contributed by atoms with Gasteiger partial charge in [-0.3, -0.25) is 4.79 Å². The van der Waals surface area contributed by atoms with Crippen LogP contribution in [-0.4, -0.2) is 30.2 Å². The lowest BCUT2D eigenvalue weighted by Gasteiger charge is -2.25. The molecule has 2 aromatic heterocycles. The molecule has 2 amide bonds. The summed E-state index contributed by atoms with van der Waals surface area (Å²) in [4.78, 5) is 30.6. The van der Waals surface area contributed by atoms with Gasteiger partial charge in [-0.2, -0.15) is 8.78 Å². The first-order valence-electron chi connectivity index (χ1n) is 13.9. The van der Waals surface area contributed by atoms with Gasteiger partial charge in [-0.15, -0.1) is 11.3 Å². The van der Waals surface area contributed by atoms with Crippen LogP contribution in [-0.2, 0) is 11.3 Å². The van der Waals surface area contributed by atoms with Gasteiger partial charge in [0, 0.05) is 23.1 Å². The summed E-state index contributed by atoms with van der Waals surface area (Å²) in [6.07, 6.45) is 2.14. The van der Waals surface area contributed by atoms with Gasteiger partial charge in [-0.25, -0.2) is 9.78 Å². The lowest BCUT2D eigenvalue weighted by molar-refractivity contribution is -0.0515. The number of halogens is 2. The van der Waals surface area contributed by atoms with Crippen molar-refractivity contribution < 1.29 is 37.0 Å². The minimum Gasteiger partial charge on any atom is -0.489 e. The van der Waals surface area contributed by atoms with Crippen molar-refractivity contribution in [3.8, 4) is 22.1 Å². The molecule has 0 bridgehead atoms. The number of para-hydroxylation sites is 1. The van der Waals surface area contributed by atoms with Crippen LogP contribution in [0.15, 0.2) is 53.1 Å². The van der Waals surface area contributed by atoms with Crippen LogP contribution >= 0.6 is 11.3 Å². The fraction of sp³-hybridized carbons (Fsp3) is 0.387. The van der Waals surface area contributed by atoms with E-state index < -0.39 is 24.7 Å². The molecule has 228 valence electrons. The van der Waals surface area contributed by atoms with E-state index in [0.717, 1.165) is 35.1 Å². The molecule has 3 N–H and O–H groups in total. The number of furan rings is 1. The van der Waals surface area contributed by atoms with Crippen LogP contribution in [0.25, 0.3) is 21.5 Å². The number of hydrogen-bond acceptors (Lipinski definition) is 8. The number of alkyl halides is 2. The van der Waals surface area contributed by atoms with E-state index in [4.69, 9.17) is 19.6 Å². The van der Waals surface area contributed by atoms with Crippen LogP contribution < -0.4 is 20.5 Å². The number of rotatable bonds is 12. The Bertz CT molecular complexity index is 1610. The molecular weight excluding hydrogens is 580 g/mol. The number of nitrogens with one attached hydrogen (secondary N) is 1. The summed E-state index contributed by atoms with van der Waals surface area (Å²) in [7, 11) is 0. The van der Waals surface area contributed by atoms with Gasteiger partial charge in [-0.05, 0) is 54.9 Å². The summed E-state index contributed by atoms with van der Waals surface area (Å²) in [5.41, 5.74) is 7.20. The number of ether oxygens (including phenoxy) is 3. The minimum atomic E-state index is -3.02. The van der Waals surface area contributed by atoms with Crippen LogP contribution in [0, 0.1) is 11.3 Å². The van der Waals surface area contributed by atoms with Gasteiger partial charge in [-0.1, -0.05) is 39.0 Å². The third-order valence-electron chi connectivity index (χ3n) is 6.80. The van der Waals surface area contributed by atoms with Crippen LogP contribution in [0.1, 0.15) is 67.1 Å². The zero-order valence-corrected chi connectivity index (χ0v) is 24.8. The first-order chi connectivity index (χ1) is 20.5. The third-order valence-corrected chi connectivity index (χ3v) is 7.99. The molecule has 2 heterocycles. The number of benzene rings is 2. The molecule has 0 radical (unpaired) electrons. The summed E-state index contributed by atoms with van der Waals surface area (Å²) < 4.78 is 47.8. The Kier molecular flexibility index (Phi) is 8.86. The van der Waals surface area contributed by atoms with Crippen molar-refractivity contribution in [2.45, 2.75) is 59.3 Å². The number of thiazole rings is 1. The number of amides is 2. The molecule has 1 atom stereocenters. The van der Waals surface area contributed by atoms with E-state index in [-0.39, 0.29) is 29.2 Å². The molecule has 9 nitrogen and oxygen atoms in total. The van der Waals surface area contributed by atoms with Crippen molar-refractivity contribution in [2.24, 2.45) is 17.1 Å². The maximum absolute atomic E-state index is 13.6. The van der Waals surface area contributed by atoms with E-state index in [1.807, 2.05) is 45.0 Å². The summed E-state index contributed by atoms with van der Waals surface area (Å²) in [5.74, 6) is -0.0537. The number of carbonyl (C=O) groups excluding carboxylic acids is 2. The Morgan fingerprint density at radius 1 is 1.16 bits per heavy atom. The van der Waals surface area contributed by atoms with E-state index in [0.29, 0.717) is 40.0 Å². The second kappa shape index (κ2) is 12.6. The van der Waals surface area contributed by atoms with Crippen molar-refractivity contribution in [2.75, 3.05) is 6.61 Å². The topological polar surface area (TPSA) is 126 Å². The molecule has 0 aliphatic heterocycles. The molecule has 12 heteroatoms. The molecular formula is C31H33F2N3O6S. The Morgan fingerprint density at radius 3 is 2.63 bits per heavy atom. The van der Waals surface area contributed by atoms with E-state index >= 15 is 0 Å². The van der Waals surface area contributed by atoms with Crippen molar-refractivity contribution in [1.29, 1.82) is 0 Å². The van der Waals surface area contributed by atoms with Crippen molar-refractivity contribution in [1.82, 2.24) is 10.3 Å². The largest absolute Gasteiger partial charge is 0.489 e. The van der Waals surface area contributed by atoms with E-state index in [1.54, 1.807) is 18.4 Å². The number of carbonyl (C=O) groups is 2. The molecule has 2 aromatic carbocycles. The first-order valence-corrected chi connectivity index (χ1v) is 14.7. The van der Waals surface area contributed by atoms with Crippen molar-refractivity contribution >= 4 is 34.3 Å². The monoisotopic (exact) mass is 613 g/mol. The maximum Gasteiger partial charge on any atom is 0.405 e. The molecule has 0 unspecified atom stereocenters. The molecule has 1 fully saturated rings. The highest BCUT2D eigenvalue weighted by atomic mass is 32.1. The lowest BCUT2D eigenvalue weighted by Crippen LogP contribution is -2.27. The quantitative estimate of drug-likeness (QED) is 0.170. The molecule has 4 aromatic rings. The van der Waals surface area contributed by atoms with Crippen molar-refractivity contribution in [3.05, 3.63) is 64.9 Å². The van der Waals surface area contributed by atoms with Gasteiger partial charge >= 0.3 is 12.7 Å². The normalized spacial score (nSPS) is 14.1. The van der Waals surface area contributed by atoms with Gasteiger partial charge in [0.15, 0.2) is 11.5 Å². The Balaban J connectivity index is 1.50. The molecule has 1 aliphatic carbocycles. The van der Waals surface area contributed by atoms with Gasteiger partial charge in [0.25, 0.3) is 5.91 Å². The van der Waals surface area contributed by atoms with Crippen LogP contribution in [0.3, 0.4) is 0 Å². The second-order valence-electron chi connectivity index (χ2n) is 11.7. The SMILES string of the molecule is CC(C)(C)C[C@H](OC(N)=O)c1sc(-c2ccc(OC(F)F)c(OCC3CC3)c2)nc1C(=O)NCc1coc2ccccc12. The zero-order valence-electron chi connectivity index (χ0n) is 24.0. The maximum atomic E-state index is 13.6.